The van der Waals surface area contributed by atoms with E-state index in [0.717, 1.165) is 32.7 Å². The van der Waals surface area contributed by atoms with Crippen molar-refractivity contribution in [3.63, 3.8) is 0 Å². The van der Waals surface area contributed by atoms with Crippen LogP contribution in [0.3, 0.4) is 0 Å². The number of quaternary nitrogens is 1. The van der Waals surface area contributed by atoms with Gasteiger partial charge in [-0.25, -0.2) is 4.39 Å². The van der Waals surface area contributed by atoms with Crippen LogP contribution in [0.5, 0.6) is 0 Å². The second-order valence-corrected chi connectivity index (χ2v) is 5.12. The number of hydrogen-bond acceptors (Lipinski definition) is 3. The van der Waals surface area contributed by atoms with Gasteiger partial charge in [-0.1, -0.05) is 0 Å². The first-order valence-corrected chi connectivity index (χ1v) is 6.88. The van der Waals surface area contributed by atoms with Crippen molar-refractivity contribution in [1.82, 2.24) is 0 Å². The van der Waals surface area contributed by atoms with Crippen LogP contribution < -0.4 is 9.80 Å². The number of hydrogen-bond donors (Lipinski definition) is 1. The third-order valence-electron chi connectivity index (χ3n) is 3.76. The van der Waals surface area contributed by atoms with E-state index in [-0.39, 0.29) is 11.6 Å². The van der Waals surface area contributed by atoms with Gasteiger partial charge in [0.25, 0.3) is 0 Å². The van der Waals surface area contributed by atoms with Crippen LogP contribution >= 0.6 is 0 Å². The summed E-state index contributed by atoms with van der Waals surface area (Å²) in [6, 6.07) is 6.83. The molecule has 1 heterocycles. The normalized spacial score (nSPS) is 15.9. The lowest BCUT2D eigenvalue weighted by molar-refractivity contribution is -0.900. The molecule has 1 aliphatic rings. The van der Waals surface area contributed by atoms with Crippen LogP contribution in [0.4, 0.5) is 10.1 Å². The molecule has 0 radical (unpaired) electrons. The lowest BCUT2D eigenvalue weighted by Crippen LogP contribution is -3.14. The first kappa shape index (κ1) is 14.5. The van der Waals surface area contributed by atoms with E-state index in [0.29, 0.717) is 17.7 Å². The van der Waals surface area contributed by atoms with Gasteiger partial charge in [0.1, 0.15) is 5.82 Å². The fraction of sp³-hybridized carbons (Fsp3) is 0.467. The summed E-state index contributed by atoms with van der Waals surface area (Å²) >= 11 is 0. The number of nitrogens with zero attached hydrogens (tertiary/aromatic N) is 2. The summed E-state index contributed by atoms with van der Waals surface area (Å²) in [7, 11) is 0. The van der Waals surface area contributed by atoms with E-state index in [2.05, 4.69) is 6.07 Å². The minimum Gasteiger partial charge on any atom is -0.358 e. The van der Waals surface area contributed by atoms with Crippen LogP contribution in [-0.2, 0) is 0 Å². The molecule has 1 fully saturated rings. The van der Waals surface area contributed by atoms with Crippen molar-refractivity contribution < 1.29 is 14.1 Å². The van der Waals surface area contributed by atoms with Crippen LogP contribution in [0.25, 0.3) is 0 Å². The zero-order chi connectivity index (χ0) is 14.5. The number of nitrogens with one attached hydrogen (secondary N) is 1. The molecule has 20 heavy (non-hydrogen) atoms. The molecule has 0 spiro atoms. The molecule has 106 valence electrons. The monoisotopic (exact) mass is 276 g/mol. The average molecular weight is 276 g/mol. The fourth-order valence-corrected chi connectivity index (χ4v) is 2.53. The molecule has 0 aromatic heterocycles. The molecule has 0 amide bonds. The Morgan fingerprint density at radius 3 is 2.70 bits per heavy atom. The highest BCUT2D eigenvalue weighted by Crippen LogP contribution is 2.20. The number of carbonyl (C=O) groups excluding carboxylic acids is 1. The summed E-state index contributed by atoms with van der Waals surface area (Å²) in [4.78, 5) is 14.6. The summed E-state index contributed by atoms with van der Waals surface area (Å²) in [5, 5.41) is 8.58. The van der Waals surface area contributed by atoms with E-state index >= 15 is 0 Å². The number of anilines is 1. The minimum atomic E-state index is -0.335. The molecule has 2 rings (SSSR count). The van der Waals surface area contributed by atoms with Gasteiger partial charge in [0.15, 0.2) is 5.78 Å². The Bertz CT molecular complexity index is 530. The summed E-state index contributed by atoms with van der Waals surface area (Å²) in [5.74, 6) is -0.459. The summed E-state index contributed by atoms with van der Waals surface area (Å²) < 4.78 is 14.1. The largest absolute Gasteiger partial charge is 0.358 e. The van der Waals surface area contributed by atoms with Crippen molar-refractivity contribution in [2.75, 3.05) is 37.6 Å². The Balaban J connectivity index is 2.00. The van der Waals surface area contributed by atoms with Gasteiger partial charge in [-0.2, -0.15) is 5.26 Å². The van der Waals surface area contributed by atoms with E-state index in [9.17, 15) is 9.18 Å². The van der Waals surface area contributed by atoms with Crippen LogP contribution in [0.2, 0.25) is 0 Å². The lowest BCUT2D eigenvalue weighted by Gasteiger charge is -2.33. The number of carbonyl (C=O) groups is 1. The summed E-state index contributed by atoms with van der Waals surface area (Å²) in [5.41, 5.74) is 0.971. The van der Waals surface area contributed by atoms with Crippen LogP contribution in [-0.4, -0.2) is 38.5 Å². The van der Waals surface area contributed by atoms with Gasteiger partial charge >= 0.3 is 0 Å². The second-order valence-electron chi connectivity index (χ2n) is 5.12. The van der Waals surface area contributed by atoms with E-state index < -0.39 is 0 Å². The van der Waals surface area contributed by atoms with Crippen molar-refractivity contribution in [3.05, 3.63) is 29.6 Å². The Morgan fingerprint density at radius 2 is 2.15 bits per heavy atom. The molecule has 0 saturated carbocycles. The highest BCUT2D eigenvalue weighted by Gasteiger charge is 2.22. The first-order chi connectivity index (χ1) is 9.61. The maximum Gasteiger partial charge on any atom is 0.159 e. The molecule has 4 nitrogen and oxygen atoms in total. The number of Topliss-reactive ketones (excluding diaryl/α,β-unsaturated/α-hetero) is 1. The molecule has 0 bridgehead atoms. The molecular weight excluding hydrogens is 257 g/mol. The second kappa shape index (κ2) is 6.49. The highest BCUT2D eigenvalue weighted by atomic mass is 19.1. The van der Waals surface area contributed by atoms with Crippen molar-refractivity contribution >= 4 is 11.5 Å². The third-order valence-corrected chi connectivity index (χ3v) is 3.76. The summed E-state index contributed by atoms with van der Waals surface area (Å²) in [6.07, 6.45) is 0.566. The van der Waals surface area contributed by atoms with Crippen molar-refractivity contribution in [2.45, 2.75) is 13.3 Å². The van der Waals surface area contributed by atoms with Gasteiger partial charge in [0.05, 0.1) is 50.9 Å². The average Bonchev–Trinajstić information content (AvgIpc) is 2.45. The maximum absolute atomic E-state index is 14.1. The van der Waals surface area contributed by atoms with Crippen LogP contribution in [0.1, 0.15) is 23.7 Å². The quantitative estimate of drug-likeness (QED) is 0.821. The fourth-order valence-electron chi connectivity index (χ4n) is 2.53. The summed E-state index contributed by atoms with van der Waals surface area (Å²) in [6.45, 7) is 5.67. The van der Waals surface area contributed by atoms with Gasteiger partial charge in [0, 0.05) is 5.56 Å². The number of ketones is 1. The molecule has 1 saturated heterocycles. The van der Waals surface area contributed by atoms with Crippen LogP contribution in [0, 0.1) is 17.1 Å². The van der Waals surface area contributed by atoms with Crippen molar-refractivity contribution in [2.24, 2.45) is 0 Å². The zero-order valence-corrected chi connectivity index (χ0v) is 11.7. The Morgan fingerprint density at radius 1 is 1.45 bits per heavy atom. The lowest BCUT2D eigenvalue weighted by atomic mass is 10.1. The molecule has 0 aliphatic carbocycles. The Kier molecular flexibility index (Phi) is 4.70. The van der Waals surface area contributed by atoms with E-state index in [1.54, 1.807) is 12.1 Å². The zero-order valence-electron chi connectivity index (χ0n) is 11.7. The predicted molar refractivity (Wildman–Crippen MR) is 74.4 cm³/mol. The van der Waals surface area contributed by atoms with Crippen molar-refractivity contribution in [3.8, 4) is 6.07 Å². The molecular formula is C15H19FN3O+. The highest BCUT2D eigenvalue weighted by molar-refractivity contribution is 5.94. The van der Waals surface area contributed by atoms with Gasteiger partial charge < -0.3 is 9.80 Å². The molecule has 1 aromatic rings. The Hall–Kier alpha value is -1.93. The number of halogens is 1. The molecule has 1 aliphatic heterocycles. The van der Waals surface area contributed by atoms with Gasteiger partial charge in [-0.3, -0.25) is 4.79 Å². The van der Waals surface area contributed by atoms with Gasteiger partial charge in [-0.15, -0.1) is 0 Å². The third kappa shape index (κ3) is 3.34. The van der Waals surface area contributed by atoms with E-state index in [1.165, 1.54) is 17.9 Å². The SMILES string of the molecule is CC(=O)c1ccc(N2CC[NH+](CCC#N)CC2)c(F)c1. The smallest absolute Gasteiger partial charge is 0.159 e. The number of piperazine rings is 1. The molecule has 5 heteroatoms. The molecule has 1 aromatic carbocycles. The minimum absolute atomic E-state index is 0.124. The maximum atomic E-state index is 14.1. The molecule has 0 unspecified atom stereocenters. The molecule has 1 N–H and O–H groups in total. The Labute approximate surface area is 118 Å². The first-order valence-electron chi connectivity index (χ1n) is 6.88. The van der Waals surface area contributed by atoms with Crippen LogP contribution in [0.15, 0.2) is 18.2 Å². The molecule has 0 atom stereocenters. The number of rotatable bonds is 4. The number of nitriles is 1. The van der Waals surface area contributed by atoms with Crippen molar-refractivity contribution in [1.29, 1.82) is 5.26 Å². The standard InChI is InChI=1S/C15H18FN3O/c1-12(20)13-3-4-15(14(16)11-13)19-9-7-18(8-10-19)6-2-5-17/h3-4,11H,2,6-10H2,1H3/p+1. The van der Waals surface area contributed by atoms with E-state index in [4.69, 9.17) is 5.26 Å². The predicted octanol–water partition coefficient (Wildman–Crippen LogP) is 0.647. The van der Waals surface area contributed by atoms with E-state index in [1.807, 2.05) is 4.90 Å². The number of benzene rings is 1. The van der Waals surface area contributed by atoms with Gasteiger partial charge in [0.2, 0.25) is 0 Å². The topological polar surface area (TPSA) is 48.5 Å². The van der Waals surface area contributed by atoms with Gasteiger partial charge in [-0.05, 0) is 25.1 Å².